The summed E-state index contributed by atoms with van der Waals surface area (Å²) in [5.41, 5.74) is 1.74. The summed E-state index contributed by atoms with van der Waals surface area (Å²) in [6.45, 7) is 0. The SMILES string of the molecule is O=C(O)c1ccc(-n2nc3c4c(Cl)cc(Cl)cc4[nH]cc-3c2=O)cc1. The van der Waals surface area contributed by atoms with E-state index in [-0.39, 0.29) is 11.1 Å². The second-order valence-electron chi connectivity index (χ2n) is 5.43. The monoisotopic (exact) mass is 373 g/mol. The number of aromatic amines is 1. The molecule has 124 valence electrons. The second-order valence-corrected chi connectivity index (χ2v) is 6.27. The summed E-state index contributed by atoms with van der Waals surface area (Å²) in [5, 5.41) is 14.8. The van der Waals surface area contributed by atoms with E-state index in [0.29, 0.717) is 37.9 Å². The molecule has 0 fully saturated rings. The van der Waals surface area contributed by atoms with Crippen molar-refractivity contribution in [3.63, 3.8) is 0 Å². The van der Waals surface area contributed by atoms with Crippen LogP contribution in [-0.4, -0.2) is 25.8 Å². The molecule has 2 N–H and O–H groups in total. The highest BCUT2D eigenvalue weighted by molar-refractivity contribution is 6.39. The molecule has 0 unspecified atom stereocenters. The van der Waals surface area contributed by atoms with E-state index in [1.165, 1.54) is 28.9 Å². The summed E-state index contributed by atoms with van der Waals surface area (Å²) in [4.78, 5) is 26.6. The maximum Gasteiger partial charge on any atom is 0.335 e. The van der Waals surface area contributed by atoms with Crippen LogP contribution in [0.4, 0.5) is 0 Å². The van der Waals surface area contributed by atoms with Crippen molar-refractivity contribution in [2.24, 2.45) is 0 Å². The normalized spacial score (nSPS) is 11.3. The van der Waals surface area contributed by atoms with E-state index in [0.717, 1.165) is 0 Å². The topological polar surface area (TPSA) is 88.0 Å². The molecule has 0 aromatic heterocycles. The van der Waals surface area contributed by atoms with E-state index >= 15 is 0 Å². The van der Waals surface area contributed by atoms with Gasteiger partial charge in [-0.2, -0.15) is 9.78 Å². The Morgan fingerprint density at radius 1 is 1.16 bits per heavy atom. The van der Waals surface area contributed by atoms with Crippen LogP contribution < -0.4 is 5.56 Å². The van der Waals surface area contributed by atoms with Crippen molar-refractivity contribution in [3.05, 3.63) is 68.6 Å². The Morgan fingerprint density at radius 3 is 2.56 bits per heavy atom. The molecule has 0 amide bonds. The molecule has 8 heteroatoms. The Hall–Kier alpha value is -2.83. The van der Waals surface area contributed by atoms with Crippen molar-refractivity contribution in [2.45, 2.75) is 0 Å². The fraction of sp³-hybridized carbons (Fsp3) is 0. The van der Waals surface area contributed by atoms with Gasteiger partial charge in [-0.15, -0.1) is 0 Å². The van der Waals surface area contributed by atoms with Crippen molar-refractivity contribution >= 4 is 40.1 Å². The molecule has 2 heterocycles. The zero-order valence-electron chi connectivity index (χ0n) is 12.5. The summed E-state index contributed by atoms with van der Waals surface area (Å²) < 4.78 is 1.22. The third kappa shape index (κ3) is 2.47. The van der Waals surface area contributed by atoms with Gasteiger partial charge in [-0.3, -0.25) is 4.79 Å². The van der Waals surface area contributed by atoms with Gasteiger partial charge >= 0.3 is 5.97 Å². The van der Waals surface area contributed by atoms with Crippen molar-refractivity contribution in [1.82, 2.24) is 14.8 Å². The summed E-state index contributed by atoms with van der Waals surface area (Å²) in [7, 11) is 0. The van der Waals surface area contributed by atoms with Gasteiger partial charge in [-0.1, -0.05) is 23.2 Å². The van der Waals surface area contributed by atoms with E-state index in [1.807, 2.05) is 0 Å². The lowest BCUT2D eigenvalue weighted by Gasteiger charge is -2.05. The second kappa shape index (κ2) is 5.61. The standard InChI is InChI=1S/C17H9Cl2N3O3/c18-9-5-12(19)14-13(6-9)20-7-11-15(14)21-22(16(11)23)10-3-1-8(2-4-10)17(24)25/h1-7,20H,(H,24,25). The van der Waals surface area contributed by atoms with Gasteiger partial charge in [0.05, 0.1) is 27.4 Å². The van der Waals surface area contributed by atoms with Crippen LogP contribution in [0.5, 0.6) is 0 Å². The first kappa shape index (κ1) is 15.7. The van der Waals surface area contributed by atoms with Crippen LogP contribution in [0, 0.1) is 0 Å². The van der Waals surface area contributed by atoms with Crippen LogP contribution in [0.1, 0.15) is 10.4 Å². The number of benzene rings is 2. The predicted octanol–water partition coefficient (Wildman–Crippen LogP) is 3.82. The molecule has 2 aliphatic heterocycles. The number of aromatic carboxylic acids is 1. The highest BCUT2D eigenvalue weighted by atomic mass is 35.5. The highest BCUT2D eigenvalue weighted by Crippen LogP contribution is 2.34. The summed E-state index contributed by atoms with van der Waals surface area (Å²) >= 11 is 12.3. The number of fused-ring (bicyclic) bond motifs is 3. The van der Waals surface area contributed by atoms with Crippen LogP contribution >= 0.6 is 23.2 Å². The first-order valence-electron chi connectivity index (χ1n) is 7.18. The molecule has 0 saturated heterocycles. The molecule has 0 radical (unpaired) electrons. The maximum atomic E-state index is 12.7. The number of halogens is 2. The van der Waals surface area contributed by atoms with Gasteiger partial charge in [0, 0.05) is 16.6 Å². The van der Waals surface area contributed by atoms with Gasteiger partial charge in [-0.05, 0) is 36.4 Å². The molecular weight excluding hydrogens is 365 g/mol. The number of hydrogen-bond donors (Lipinski definition) is 2. The molecule has 2 aliphatic rings. The van der Waals surface area contributed by atoms with E-state index in [2.05, 4.69) is 10.1 Å². The van der Waals surface area contributed by atoms with Crippen molar-refractivity contribution in [1.29, 1.82) is 0 Å². The average Bonchev–Trinajstić information content (AvgIpc) is 2.91. The molecular formula is C17H9Cl2N3O3. The molecule has 4 rings (SSSR count). The smallest absolute Gasteiger partial charge is 0.335 e. The number of aromatic nitrogens is 3. The molecule has 2 aromatic carbocycles. The number of hydrogen-bond acceptors (Lipinski definition) is 3. The molecule has 2 aromatic rings. The zero-order valence-corrected chi connectivity index (χ0v) is 14.0. The Bertz CT molecular complexity index is 1160. The lowest BCUT2D eigenvalue weighted by molar-refractivity contribution is 0.0697. The number of nitrogens with zero attached hydrogens (tertiary/aromatic N) is 2. The Labute approximate surface area is 150 Å². The molecule has 25 heavy (non-hydrogen) atoms. The van der Waals surface area contributed by atoms with Crippen molar-refractivity contribution < 1.29 is 9.90 Å². The van der Waals surface area contributed by atoms with Crippen molar-refractivity contribution in [3.8, 4) is 16.9 Å². The summed E-state index contributed by atoms with van der Waals surface area (Å²) in [5.74, 6) is -1.04. The number of rotatable bonds is 2. The summed E-state index contributed by atoms with van der Waals surface area (Å²) in [6.07, 6.45) is 1.56. The minimum absolute atomic E-state index is 0.129. The van der Waals surface area contributed by atoms with Gasteiger partial charge in [0.2, 0.25) is 0 Å². The maximum absolute atomic E-state index is 12.7. The highest BCUT2D eigenvalue weighted by Gasteiger charge is 2.21. The van der Waals surface area contributed by atoms with Gasteiger partial charge in [0.25, 0.3) is 5.56 Å². The van der Waals surface area contributed by atoms with Gasteiger partial charge < -0.3 is 10.1 Å². The van der Waals surface area contributed by atoms with Gasteiger partial charge in [0.1, 0.15) is 5.69 Å². The molecule has 0 atom stereocenters. The predicted molar refractivity (Wildman–Crippen MR) is 95.3 cm³/mol. The molecule has 0 aliphatic carbocycles. The quantitative estimate of drug-likeness (QED) is 0.558. The number of carbonyl (C=O) groups is 1. The van der Waals surface area contributed by atoms with Crippen LogP contribution in [0.2, 0.25) is 10.0 Å². The van der Waals surface area contributed by atoms with Gasteiger partial charge in [0.15, 0.2) is 0 Å². The van der Waals surface area contributed by atoms with Crippen LogP contribution in [-0.2, 0) is 0 Å². The van der Waals surface area contributed by atoms with Crippen LogP contribution in [0.3, 0.4) is 0 Å². The third-order valence-corrected chi connectivity index (χ3v) is 4.42. The lowest BCUT2D eigenvalue weighted by atomic mass is 10.1. The van der Waals surface area contributed by atoms with Crippen molar-refractivity contribution in [2.75, 3.05) is 0 Å². The molecule has 0 bridgehead atoms. The first-order chi connectivity index (χ1) is 12.0. The molecule has 6 nitrogen and oxygen atoms in total. The van der Waals surface area contributed by atoms with E-state index in [1.54, 1.807) is 18.3 Å². The zero-order chi connectivity index (χ0) is 17.7. The number of carboxylic acid groups (broad SMARTS) is 1. The summed E-state index contributed by atoms with van der Waals surface area (Å²) in [6, 6.07) is 9.18. The number of carboxylic acids is 1. The average molecular weight is 374 g/mol. The Kier molecular flexibility index (Phi) is 3.52. The minimum atomic E-state index is -1.04. The van der Waals surface area contributed by atoms with Crippen LogP contribution in [0.25, 0.3) is 27.8 Å². The lowest BCUT2D eigenvalue weighted by Crippen LogP contribution is -2.14. The fourth-order valence-corrected chi connectivity index (χ4v) is 3.31. The first-order valence-corrected chi connectivity index (χ1v) is 7.94. The van der Waals surface area contributed by atoms with Gasteiger partial charge in [-0.25, -0.2) is 4.79 Å². The number of pyridine rings is 1. The third-order valence-electron chi connectivity index (χ3n) is 3.90. The molecule has 0 spiro atoms. The fourth-order valence-electron chi connectivity index (χ4n) is 2.73. The Balaban J connectivity index is 1.98. The van der Waals surface area contributed by atoms with Crippen LogP contribution in [0.15, 0.2) is 47.4 Å². The Morgan fingerprint density at radius 2 is 1.88 bits per heavy atom. The van der Waals surface area contributed by atoms with E-state index in [9.17, 15) is 9.59 Å². The number of H-pyrrole nitrogens is 1. The van der Waals surface area contributed by atoms with E-state index in [4.69, 9.17) is 28.3 Å². The minimum Gasteiger partial charge on any atom is -0.478 e. The number of nitrogens with one attached hydrogen (secondary N) is 1. The van der Waals surface area contributed by atoms with E-state index < -0.39 is 5.97 Å². The largest absolute Gasteiger partial charge is 0.478 e. The molecule has 0 saturated carbocycles.